The Kier molecular flexibility index (Phi) is 4.37. The van der Waals surface area contributed by atoms with Crippen LogP contribution in [0.2, 0.25) is 0 Å². The van der Waals surface area contributed by atoms with E-state index in [2.05, 4.69) is 0 Å². The molecular formula is C10H12O4S2. The maximum Gasteiger partial charge on any atom is 0.304 e. The minimum absolute atomic E-state index is 0.0611. The minimum Gasteiger partial charge on any atom is -0.481 e. The van der Waals surface area contributed by atoms with Gasteiger partial charge in [0.2, 0.25) is 8.87 Å². The van der Waals surface area contributed by atoms with Crippen LogP contribution in [0.5, 0.6) is 0 Å². The van der Waals surface area contributed by atoms with E-state index in [4.69, 9.17) is 5.11 Å². The van der Waals surface area contributed by atoms with Gasteiger partial charge in [0.1, 0.15) is 0 Å². The zero-order valence-electron chi connectivity index (χ0n) is 8.71. The topological polar surface area (TPSA) is 71.4 Å². The molecule has 1 aromatic carbocycles. The van der Waals surface area contributed by atoms with Crippen LogP contribution >= 0.6 is 10.8 Å². The average Bonchev–Trinajstić information content (AvgIpc) is 2.17. The SMILES string of the molecule is Cc1ccc(S(=O)(=O)SCCC(=O)O)cc1. The third-order valence-corrected chi connectivity index (χ3v) is 5.40. The Hall–Kier alpha value is -1.01. The first-order valence-electron chi connectivity index (χ1n) is 4.60. The molecule has 0 bridgehead atoms. The molecule has 0 aromatic heterocycles. The molecule has 1 N–H and O–H groups in total. The molecule has 0 aliphatic rings. The van der Waals surface area contributed by atoms with Crippen LogP contribution in [-0.2, 0) is 13.7 Å². The van der Waals surface area contributed by atoms with Crippen LogP contribution in [0.25, 0.3) is 0 Å². The van der Waals surface area contributed by atoms with Crippen LogP contribution in [0.4, 0.5) is 0 Å². The summed E-state index contributed by atoms with van der Waals surface area (Å²) in [5.41, 5.74) is 0.981. The van der Waals surface area contributed by atoms with Gasteiger partial charge in [-0.05, 0) is 29.9 Å². The van der Waals surface area contributed by atoms with Crippen LogP contribution in [0, 0.1) is 6.92 Å². The highest BCUT2D eigenvalue weighted by Gasteiger charge is 2.15. The predicted octanol–water partition coefficient (Wildman–Crippen LogP) is 1.89. The van der Waals surface area contributed by atoms with E-state index in [1.807, 2.05) is 6.92 Å². The van der Waals surface area contributed by atoms with E-state index in [0.717, 1.165) is 5.56 Å². The highest BCUT2D eigenvalue weighted by molar-refractivity contribution is 8.72. The summed E-state index contributed by atoms with van der Waals surface area (Å²) in [6.45, 7) is 1.87. The highest BCUT2D eigenvalue weighted by atomic mass is 33.1. The van der Waals surface area contributed by atoms with Gasteiger partial charge in [0.05, 0.1) is 11.3 Å². The molecule has 0 saturated carbocycles. The monoisotopic (exact) mass is 260 g/mol. The Bertz CT molecular complexity index is 462. The van der Waals surface area contributed by atoms with Crippen LogP contribution in [0.3, 0.4) is 0 Å². The van der Waals surface area contributed by atoms with Gasteiger partial charge in [0.25, 0.3) is 0 Å². The fourth-order valence-electron chi connectivity index (χ4n) is 1.01. The molecule has 0 amide bonds. The van der Waals surface area contributed by atoms with Crippen LogP contribution in [0.1, 0.15) is 12.0 Å². The smallest absolute Gasteiger partial charge is 0.304 e. The summed E-state index contributed by atoms with van der Waals surface area (Å²) in [6, 6.07) is 6.48. The number of carbonyl (C=O) groups is 1. The summed E-state index contributed by atoms with van der Waals surface area (Å²) in [6.07, 6.45) is -0.157. The Morgan fingerprint density at radius 1 is 1.31 bits per heavy atom. The van der Waals surface area contributed by atoms with Gasteiger partial charge in [-0.15, -0.1) is 0 Å². The van der Waals surface area contributed by atoms with Gasteiger partial charge in [-0.3, -0.25) is 4.79 Å². The lowest BCUT2D eigenvalue weighted by atomic mass is 10.2. The molecular weight excluding hydrogens is 248 g/mol. The summed E-state index contributed by atoms with van der Waals surface area (Å²) >= 11 is 0. The van der Waals surface area contributed by atoms with Gasteiger partial charge in [-0.25, -0.2) is 8.42 Å². The van der Waals surface area contributed by atoms with Gasteiger partial charge >= 0.3 is 5.97 Å². The van der Waals surface area contributed by atoms with E-state index < -0.39 is 14.8 Å². The fourth-order valence-corrected chi connectivity index (χ4v) is 3.74. The lowest BCUT2D eigenvalue weighted by Crippen LogP contribution is -2.01. The Morgan fingerprint density at radius 2 is 1.88 bits per heavy atom. The normalized spacial score (nSPS) is 11.3. The lowest BCUT2D eigenvalue weighted by Gasteiger charge is -2.02. The number of hydrogen-bond acceptors (Lipinski definition) is 4. The van der Waals surface area contributed by atoms with Crippen molar-refractivity contribution in [2.75, 3.05) is 5.75 Å². The zero-order chi connectivity index (χ0) is 12.2. The molecule has 88 valence electrons. The molecule has 0 spiro atoms. The molecule has 0 unspecified atom stereocenters. The van der Waals surface area contributed by atoms with Crippen LogP contribution in [-0.4, -0.2) is 25.2 Å². The van der Waals surface area contributed by atoms with Crippen molar-refractivity contribution >= 4 is 25.6 Å². The molecule has 6 heteroatoms. The summed E-state index contributed by atoms with van der Waals surface area (Å²) < 4.78 is 23.4. The number of benzene rings is 1. The molecule has 0 saturated heterocycles. The van der Waals surface area contributed by atoms with Crippen molar-refractivity contribution in [3.8, 4) is 0 Å². The first kappa shape index (κ1) is 13.1. The number of hydrogen-bond donors (Lipinski definition) is 1. The molecule has 0 atom stereocenters. The number of carboxylic acids is 1. The zero-order valence-corrected chi connectivity index (χ0v) is 10.3. The second kappa shape index (κ2) is 5.36. The van der Waals surface area contributed by atoms with Crippen molar-refractivity contribution < 1.29 is 18.3 Å². The van der Waals surface area contributed by atoms with E-state index in [-0.39, 0.29) is 17.1 Å². The van der Waals surface area contributed by atoms with Crippen molar-refractivity contribution in [3.63, 3.8) is 0 Å². The second-order valence-corrected chi connectivity index (χ2v) is 7.28. The van der Waals surface area contributed by atoms with Gasteiger partial charge in [0, 0.05) is 5.75 Å². The van der Waals surface area contributed by atoms with Crippen LogP contribution in [0.15, 0.2) is 29.2 Å². The van der Waals surface area contributed by atoms with Crippen molar-refractivity contribution in [2.24, 2.45) is 0 Å². The molecule has 1 rings (SSSR count). The number of carboxylic acid groups (broad SMARTS) is 1. The van der Waals surface area contributed by atoms with Crippen molar-refractivity contribution in [1.82, 2.24) is 0 Å². The van der Waals surface area contributed by atoms with Crippen molar-refractivity contribution in [1.29, 1.82) is 0 Å². The highest BCUT2D eigenvalue weighted by Crippen LogP contribution is 2.23. The number of aryl methyl sites for hydroxylation is 1. The first-order chi connectivity index (χ1) is 7.42. The molecule has 0 radical (unpaired) electrons. The van der Waals surface area contributed by atoms with E-state index in [1.54, 1.807) is 12.1 Å². The fraction of sp³-hybridized carbons (Fsp3) is 0.300. The minimum atomic E-state index is -3.42. The van der Waals surface area contributed by atoms with Gasteiger partial charge in [-0.2, -0.15) is 0 Å². The third-order valence-electron chi connectivity index (χ3n) is 1.86. The van der Waals surface area contributed by atoms with E-state index >= 15 is 0 Å². The molecule has 0 aliphatic carbocycles. The predicted molar refractivity (Wildman–Crippen MR) is 63.1 cm³/mol. The molecule has 0 aliphatic heterocycles. The van der Waals surface area contributed by atoms with Gasteiger partial charge < -0.3 is 5.11 Å². The summed E-state index contributed by atoms with van der Waals surface area (Å²) in [5.74, 6) is -0.933. The Labute approximate surface area is 98.0 Å². The van der Waals surface area contributed by atoms with Gasteiger partial charge in [0.15, 0.2) is 0 Å². The summed E-state index contributed by atoms with van der Waals surface area (Å²) in [7, 11) is -2.76. The largest absolute Gasteiger partial charge is 0.481 e. The maximum atomic E-state index is 11.7. The number of aliphatic carboxylic acids is 1. The first-order valence-corrected chi connectivity index (χ1v) is 7.58. The Balaban J connectivity index is 2.71. The average molecular weight is 260 g/mol. The quantitative estimate of drug-likeness (QED) is 0.819. The standard InChI is InChI=1S/C10H12O4S2/c1-8-2-4-9(5-3-8)16(13,14)15-7-6-10(11)12/h2-5H,6-7H2,1H3,(H,11,12). The molecule has 1 aromatic rings. The third kappa shape index (κ3) is 3.86. The lowest BCUT2D eigenvalue weighted by molar-refractivity contribution is -0.136. The summed E-state index contributed by atoms with van der Waals surface area (Å²) in [5, 5.41) is 8.41. The summed E-state index contributed by atoms with van der Waals surface area (Å²) in [4.78, 5) is 10.5. The van der Waals surface area contributed by atoms with E-state index in [0.29, 0.717) is 10.8 Å². The molecule has 0 heterocycles. The Morgan fingerprint density at radius 3 is 2.38 bits per heavy atom. The molecule has 0 fully saturated rings. The van der Waals surface area contributed by atoms with Gasteiger partial charge in [-0.1, -0.05) is 17.7 Å². The maximum absolute atomic E-state index is 11.7. The molecule has 16 heavy (non-hydrogen) atoms. The molecule has 4 nitrogen and oxygen atoms in total. The van der Waals surface area contributed by atoms with E-state index in [9.17, 15) is 13.2 Å². The number of rotatable bonds is 5. The van der Waals surface area contributed by atoms with Crippen molar-refractivity contribution in [3.05, 3.63) is 29.8 Å². The van der Waals surface area contributed by atoms with Crippen molar-refractivity contribution in [2.45, 2.75) is 18.2 Å². The van der Waals surface area contributed by atoms with Crippen LogP contribution < -0.4 is 0 Å². The van der Waals surface area contributed by atoms with E-state index in [1.165, 1.54) is 12.1 Å². The second-order valence-electron chi connectivity index (χ2n) is 3.23.